The normalized spacial score (nSPS) is 26.1. The molecule has 1 N–H and O–H groups in total. The summed E-state index contributed by atoms with van der Waals surface area (Å²) in [5.41, 5.74) is 0.588. The van der Waals surface area contributed by atoms with Gasteiger partial charge in [0.2, 0.25) is 11.8 Å². The first kappa shape index (κ1) is 19.9. The maximum atomic E-state index is 13.2. The number of nitrogens with zero attached hydrogens (tertiary/aromatic N) is 3. The monoisotopic (exact) mass is 399 g/mol. The van der Waals surface area contributed by atoms with Crippen molar-refractivity contribution in [3.05, 3.63) is 29.8 Å². The van der Waals surface area contributed by atoms with E-state index in [1.807, 2.05) is 30.0 Å². The highest BCUT2D eigenvalue weighted by atomic mass is 16.3. The Bertz CT molecular complexity index is 826. The predicted molar refractivity (Wildman–Crippen MR) is 108 cm³/mol. The summed E-state index contributed by atoms with van der Waals surface area (Å²) in [7, 11) is 0. The summed E-state index contributed by atoms with van der Waals surface area (Å²) in [5, 5.41) is 9.08. The number of hydrogen-bond acceptors (Lipinski definition) is 4. The zero-order valence-electron chi connectivity index (χ0n) is 17.0. The van der Waals surface area contributed by atoms with Crippen LogP contribution in [0.4, 0.5) is 5.69 Å². The van der Waals surface area contributed by atoms with Gasteiger partial charge in [0.1, 0.15) is 5.66 Å². The minimum absolute atomic E-state index is 0.0421. The molecule has 0 radical (unpaired) electrons. The topological polar surface area (TPSA) is 81.2 Å². The summed E-state index contributed by atoms with van der Waals surface area (Å²) >= 11 is 0. The Kier molecular flexibility index (Phi) is 5.34. The van der Waals surface area contributed by atoms with Crippen molar-refractivity contribution in [1.82, 2.24) is 9.80 Å². The first-order valence-corrected chi connectivity index (χ1v) is 10.6. The van der Waals surface area contributed by atoms with Crippen LogP contribution in [0.1, 0.15) is 55.8 Å². The van der Waals surface area contributed by atoms with Crippen LogP contribution in [0.2, 0.25) is 0 Å². The van der Waals surface area contributed by atoms with Crippen molar-refractivity contribution in [1.29, 1.82) is 0 Å². The van der Waals surface area contributed by atoms with Crippen LogP contribution < -0.4 is 4.90 Å². The molecule has 3 aliphatic rings. The molecule has 0 aliphatic carbocycles. The van der Waals surface area contributed by atoms with Gasteiger partial charge < -0.3 is 14.9 Å². The number of fused-ring (bicyclic) bond motifs is 3. The van der Waals surface area contributed by atoms with Crippen LogP contribution in [0.3, 0.4) is 0 Å². The number of benzene rings is 1. The van der Waals surface area contributed by atoms with Crippen molar-refractivity contribution >= 4 is 23.4 Å². The van der Waals surface area contributed by atoms with Crippen LogP contribution in [0.5, 0.6) is 0 Å². The molecule has 3 aliphatic heterocycles. The van der Waals surface area contributed by atoms with Gasteiger partial charge in [-0.2, -0.15) is 0 Å². The number of anilines is 1. The fourth-order valence-corrected chi connectivity index (χ4v) is 5.07. The number of hydrogen-bond donors (Lipinski definition) is 1. The molecule has 2 atom stereocenters. The van der Waals surface area contributed by atoms with Gasteiger partial charge >= 0.3 is 0 Å². The second-order valence-corrected chi connectivity index (χ2v) is 8.53. The summed E-state index contributed by atoms with van der Waals surface area (Å²) in [6.07, 6.45) is 3.69. The molecule has 156 valence electrons. The number of carbonyl (C=O) groups excluding carboxylic acids is 3. The molecule has 1 aromatic rings. The number of aliphatic hydroxyl groups is 1. The minimum Gasteiger partial charge on any atom is -0.396 e. The second kappa shape index (κ2) is 7.78. The van der Waals surface area contributed by atoms with Crippen molar-refractivity contribution in [2.24, 2.45) is 5.92 Å². The molecule has 2 fully saturated rings. The highest BCUT2D eigenvalue weighted by molar-refractivity contribution is 6.10. The fourth-order valence-electron chi connectivity index (χ4n) is 5.07. The lowest BCUT2D eigenvalue weighted by Crippen LogP contribution is -2.62. The standard InChI is InChI=1S/C22H29N3O4/c1-22-11-8-20(28)25(22)18-6-3-2-5-17(18)21(29)24(22)12-4-7-19(27)23-13-9-16(15-23)10-14-26/h2-3,5-6,16,26H,4,7-15H2,1H3/t16-,22-/m1/s1. The van der Waals surface area contributed by atoms with E-state index < -0.39 is 5.66 Å². The van der Waals surface area contributed by atoms with E-state index in [0.29, 0.717) is 49.4 Å². The molecule has 3 heterocycles. The molecule has 4 rings (SSSR count). The third-order valence-electron chi connectivity index (χ3n) is 6.69. The fraction of sp³-hybridized carbons (Fsp3) is 0.591. The van der Waals surface area contributed by atoms with Crippen LogP contribution in [0.25, 0.3) is 0 Å². The first-order chi connectivity index (χ1) is 14.0. The summed E-state index contributed by atoms with van der Waals surface area (Å²) in [6, 6.07) is 7.28. The molecule has 0 spiro atoms. The largest absolute Gasteiger partial charge is 0.396 e. The Morgan fingerprint density at radius 1 is 1.28 bits per heavy atom. The van der Waals surface area contributed by atoms with Gasteiger partial charge in [-0.25, -0.2) is 0 Å². The minimum atomic E-state index is -0.661. The summed E-state index contributed by atoms with van der Waals surface area (Å²) in [4.78, 5) is 43.8. The van der Waals surface area contributed by atoms with Gasteiger partial charge in [0, 0.05) is 39.1 Å². The van der Waals surface area contributed by atoms with Crippen LogP contribution in [-0.4, -0.2) is 64.5 Å². The van der Waals surface area contributed by atoms with Crippen molar-refractivity contribution in [3.63, 3.8) is 0 Å². The number of carbonyl (C=O) groups is 3. The third-order valence-corrected chi connectivity index (χ3v) is 6.69. The summed E-state index contributed by atoms with van der Waals surface area (Å²) in [6.45, 7) is 4.04. The van der Waals surface area contributed by atoms with Crippen LogP contribution in [-0.2, 0) is 9.59 Å². The van der Waals surface area contributed by atoms with Crippen molar-refractivity contribution < 1.29 is 19.5 Å². The molecule has 3 amide bonds. The van der Waals surface area contributed by atoms with E-state index in [2.05, 4.69) is 0 Å². The van der Waals surface area contributed by atoms with Gasteiger partial charge in [-0.05, 0) is 50.7 Å². The molecule has 0 saturated carbocycles. The van der Waals surface area contributed by atoms with E-state index in [-0.39, 0.29) is 24.3 Å². The van der Waals surface area contributed by atoms with E-state index in [0.717, 1.165) is 25.9 Å². The highest BCUT2D eigenvalue weighted by Crippen LogP contribution is 2.44. The molecule has 7 heteroatoms. The van der Waals surface area contributed by atoms with Gasteiger partial charge in [-0.1, -0.05) is 12.1 Å². The van der Waals surface area contributed by atoms with Crippen molar-refractivity contribution in [2.75, 3.05) is 31.1 Å². The van der Waals surface area contributed by atoms with E-state index in [1.54, 1.807) is 15.9 Å². The zero-order valence-corrected chi connectivity index (χ0v) is 17.0. The maximum Gasteiger partial charge on any atom is 0.257 e. The lowest BCUT2D eigenvalue weighted by Gasteiger charge is -2.48. The Morgan fingerprint density at radius 2 is 2.07 bits per heavy atom. The smallest absolute Gasteiger partial charge is 0.257 e. The van der Waals surface area contributed by atoms with Crippen molar-refractivity contribution in [2.45, 2.75) is 51.1 Å². The molecule has 29 heavy (non-hydrogen) atoms. The maximum absolute atomic E-state index is 13.2. The highest BCUT2D eigenvalue weighted by Gasteiger charge is 2.52. The van der Waals surface area contributed by atoms with Gasteiger partial charge in [-0.3, -0.25) is 19.3 Å². The lowest BCUT2D eigenvalue weighted by atomic mass is 9.98. The van der Waals surface area contributed by atoms with Crippen molar-refractivity contribution in [3.8, 4) is 0 Å². The number of likely N-dealkylation sites (tertiary alicyclic amines) is 1. The second-order valence-electron chi connectivity index (χ2n) is 8.53. The first-order valence-electron chi connectivity index (χ1n) is 10.6. The average Bonchev–Trinajstić information content (AvgIpc) is 3.30. The number of amides is 3. The summed E-state index contributed by atoms with van der Waals surface area (Å²) in [5.74, 6) is 0.479. The molecule has 0 bridgehead atoms. The van der Waals surface area contributed by atoms with Gasteiger partial charge in [-0.15, -0.1) is 0 Å². The molecular weight excluding hydrogens is 370 g/mol. The number of rotatable bonds is 6. The van der Waals surface area contributed by atoms with Gasteiger partial charge in [0.05, 0.1) is 11.3 Å². The quantitative estimate of drug-likeness (QED) is 0.793. The predicted octanol–water partition coefficient (Wildman–Crippen LogP) is 2.00. The Hall–Kier alpha value is -2.41. The van der Waals surface area contributed by atoms with Crippen LogP contribution >= 0.6 is 0 Å². The van der Waals surface area contributed by atoms with Gasteiger partial charge in [0.25, 0.3) is 5.91 Å². The Balaban J connectivity index is 1.43. The van der Waals surface area contributed by atoms with Gasteiger partial charge in [0.15, 0.2) is 0 Å². The molecule has 7 nitrogen and oxygen atoms in total. The van der Waals surface area contributed by atoms with Crippen LogP contribution in [0.15, 0.2) is 24.3 Å². The molecule has 0 aromatic heterocycles. The lowest BCUT2D eigenvalue weighted by molar-refractivity contribution is -0.130. The molecule has 2 saturated heterocycles. The Morgan fingerprint density at radius 3 is 2.86 bits per heavy atom. The molecular formula is C22H29N3O4. The molecule has 1 aromatic carbocycles. The number of para-hydroxylation sites is 1. The molecule has 0 unspecified atom stereocenters. The van der Waals surface area contributed by atoms with E-state index in [4.69, 9.17) is 5.11 Å². The SMILES string of the molecule is C[C@]12CCC(=O)N1c1ccccc1C(=O)N2CCCC(=O)N1CC[C@H](CCO)C1. The van der Waals surface area contributed by atoms with Crippen LogP contribution in [0, 0.1) is 5.92 Å². The third kappa shape index (κ3) is 3.41. The average molecular weight is 399 g/mol. The Labute approximate surface area is 171 Å². The van der Waals surface area contributed by atoms with E-state index >= 15 is 0 Å². The zero-order chi connectivity index (χ0) is 20.6. The number of aliphatic hydroxyl groups excluding tert-OH is 1. The van der Waals surface area contributed by atoms with E-state index in [9.17, 15) is 14.4 Å². The summed E-state index contributed by atoms with van der Waals surface area (Å²) < 4.78 is 0. The van der Waals surface area contributed by atoms with E-state index in [1.165, 1.54) is 0 Å².